The van der Waals surface area contributed by atoms with Gasteiger partial charge in [0.15, 0.2) is 0 Å². The molecule has 0 aliphatic heterocycles. The molecule has 2 nitrogen and oxygen atoms in total. The molecule has 0 aromatic heterocycles. The van der Waals surface area contributed by atoms with Crippen LogP contribution < -0.4 is 4.34 Å². The zero-order valence-electron chi connectivity index (χ0n) is 4.94. The number of nitrogens with one attached hydrogen (secondary N) is 1. The van der Waals surface area contributed by atoms with Crippen molar-refractivity contribution >= 4 is 37.8 Å². The largest absolute Gasteiger partial charge is 0.507 e. The Morgan fingerprint density at radius 1 is 1.40 bits per heavy atom. The first-order valence-corrected chi connectivity index (χ1v) is 4.18. The highest BCUT2D eigenvalue weighted by molar-refractivity contribution is 9.10. The van der Waals surface area contributed by atoms with Crippen LogP contribution in [0.5, 0.6) is 5.75 Å². The minimum absolute atomic E-state index is 0.242. The number of hydrogen-bond acceptors (Lipinski definition) is 2. The first-order valence-electron chi connectivity index (χ1n) is 2.59. The average Bonchev–Trinajstić information content (AvgIpc) is 1.95. The molecule has 1 aromatic rings. The van der Waals surface area contributed by atoms with Gasteiger partial charge in [-0.15, -0.1) is 0 Å². The van der Waals surface area contributed by atoms with E-state index in [9.17, 15) is 0 Å². The summed E-state index contributed by atoms with van der Waals surface area (Å²) in [5.74, 6) is 0.242. The van der Waals surface area contributed by atoms with Crippen molar-refractivity contribution in [2.45, 2.75) is 0 Å². The Morgan fingerprint density at radius 3 is 2.60 bits per heavy atom. The van der Waals surface area contributed by atoms with Crippen molar-refractivity contribution in [3.8, 4) is 5.75 Å². The highest BCUT2D eigenvalue weighted by atomic mass is 79.9. The molecule has 0 atom stereocenters. The number of rotatable bonds is 1. The fourth-order valence-electron chi connectivity index (χ4n) is 0.566. The lowest BCUT2D eigenvalue weighted by Crippen LogP contribution is -1.77. The van der Waals surface area contributed by atoms with Crippen LogP contribution in [0, 0.1) is 0 Å². The van der Waals surface area contributed by atoms with Crippen LogP contribution in [-0.2, 0) is 0 Å². The summed E-state index contributed by atoms with van der Waals surface area (Å²) in [5.41, 5.74) is 0.893. The van der Waals surface area contributed by atoms with Gasteiger partial charge in [-0.25, -0.2) is 0 Å². The minimum Gasteiger partial charge on any atom is -0.507 e. The second-order valence-corrected chi connectivity index (χ2v) is 3.01. The van der Waals surface area contributed by atoms with Crippen molar-refractivity contribution in [1.82, 2.24) is 0 Å². The number of phenolic OH excluding ortho intramolecular Hbond substituents is 1. The highest BCUT2D eigenvalue weighted by Crippen LogP contribution is 2.26. The molecule has 1 aromatic carbocycles. The molecule has 2 N–H and O–H groups in total. The van der Waals surface area contributed by atoms with Gasteiger partial charge in [0.1, 0.15) is 5.75 Å². The first kappa shape index (κ1) is 7.88. The standard InChI is InChI=1S/C6H5Br2NO/c7-5-3-4(9-8)1-2-6(5)10/h1-3,9-10H. The quantitative estimate of drug-likeness (QED) is 0.605. The van der Waals surface area contributed by atoms with Crippen molar-refractivity contribution in [2.24, 2.45) is 0 Å². The van der Waals surface area contributed by atoms with E-state index >= 15 is 0 Å². The topological polar surface area (TPSA) is 32.3 Å². The van der Waals surface area contributed by atoms with Crippen LogP contribution in [-0.4, -0.2) is 5.11 Å². The van der Waals surface area contributed by atoms with E-state index in [2.05, 4.69) is 36.4 Å². The molecule has 0 aliphatic carbocycles. The van der Waals surface area contributed by atoms with Gasteiger partial charge in [0.05, 0.1) is 4.47 Å². The molecule has 0 radical (unpaired) electrons. The molecule has 0 amide bonds. The summed E-state index contributed by atoms with van der Waals surface area (Å²) >= 11 is 6.24. The van der Waals surface area contributed by atoms with E-state index in [-0.39, 0.29) is 5.75 Å². The molecule has 0 unspecified atom stereocenters. The predicted molar refractivity (Wildman–Crippen MR) is 48.4 cm³/mol. The Kier molecular flexibility index (Phi) is 2.56. The van der Waals surface area contributed by atoms with Crippen LogP contribution in [0.25, 0.3) is 0 Å². The molecule has 0 spiro atoms. The van der Waals surface area contributed by atoms with Crippen molar-refractivity contribution in [3.05, 3.63) is 22.7 Å². The van der Waals surface area contributed by atoms with Gasteiger partial charge in [0.25, 0.3) is 0 Å². The monoisotopic (exact) mass is 265 g/mol. The SMILES string of the molecule is Oc1ccc(NBr)cc1Br. The van der Waals surface area contributed by atoms with Crippen molar-refractivity contribution < 1.29 is 5.11 Å². The number of hydrogen-bond donors (Lipinski definition) is 2. The van der Waals surface area contributed by atoms with Gasteiger partial charge in [0.2, 0.25) is 0 Å². The molecule has 0 saturated heterocycles. The zero-order chi connectivity index (χ0) is 7.56. The Bertz CT molecular complexity index is 239. The lowest BCUT2D eigenvalue weighted by molar-refractivity contribution is 0.472. The van der Waals surface area contributed by atoms with Gasteiger partial charge < -0.3 is 9.45 Å². The highest BCUT2D eigenvalue weighted by Gasteiger charge is 1.96. The summed E-state index contributed by atoms with van der Waals surface area (Å²) in [6.45, 7) is 0. The number of aromatic hydroxyl groups is 1. The van der Waals surface area contributed by atoms with E-state index in [1.54, 1.807) is 18.2 Å². The molecule has 1 rings (SSSR count). The van der Waals surface area contributed by atoms with Gasteiger partial charge in [0, 0.05) is 21.8 Å². The van der Waals surface area contributed by atoms with E-state index in [1.165, 1.54) is 0 Å². The predicted octanol–water partition coefficient (Wildman–Crippen LogP) is 2.88. The molecule has 0 heterocycles. The molecular formula is C6H5Br2NO. The average molecular weight is 267 g/mol. The zero-order valence-corrected chi connectivity index (χ0v) is 8.11. The number of halogens is 2. The third-order valence-corrected chi connectivity index (χ3v) is 2.15. The fourth-order valence-corrected chi connectivity index (χ4v) is 1.19. The summed E-state index contributed by atoms with van der Waals surface area (Å²) in [5, 5.41) is 9.05. The van der Waals surface area contributed by atoms with Crippen LogP contribution in [0.2, 0.25) is 0 Å². The summed E-state index contributed by atoms with van der Waals surface area (Å²) in [7, 11) is 0. The lowest BCUT2D eigenvalue weighted by Gasteiger charge is -1.99. The van der Waals surface area contributed by atoms with Crippen molar-refractivity contribution in [2.75, 3.05) is 4.34 Å². The van der Waals surface area contributed by atoms with E-state index in [4.69, 9.17) is 5.11 Å². The smallest absolute Gasteiger partial charge is 0.129 e. The normalized spacial score (nSPS) is 9.40. The lowest BCUT2D eigenvalue weighted by atomic mass is 10.3. The Labute approximate surface area is 75.7 Å². The minimum atomic E-state index is 0.242. The summed E-state index contributed by atoms with van der Waals surface area (Å²) < 4.78 is 3.44. The van der Waals surface area contributed by atoms with E-state index < -0.39 is 0 Å². The second-order valence-electron chi connectivity index (χ2n) is 1.76. The maximum absolute atomic E-state index is 9.05. The van der Waals surface area contributed by atoms with Crippen LogP contribution in [0.15, 0.2) is 22.7 Å². The van der Waals surface area contributed by atoms with Gasteiger partial charge in [-0.3, -0.25) is 0 Å². The molecule has 0 fully saturated rings. The Morgan fingerprint density at radius 2 is 2.10 bits per heavy atom. The molecular weight excluding hydrogens is 262 g/mol. The van der Waals surface area contributed by atoms with Gasteiger partial charge in [-0.2, -0.15) is 0 Å². The van der Waals surface area contributed by atoms with Crippen LogP contribution >= 0.6 is 32.1 Å². The van der Waals surface area contributed by atoms with Crippen molar-refractivity contribution in [3.63, 3.8) is 0 Å². The van der Waals surface area contributed by atoms with Crippen LogP contribution in [0.3, 0.4) is 0 Å². The molecule has 0 bridgehead atoms. The Hall–Kier alpha value is -0.220. The summed E-state index contributed by atoms with van der Waals surface area (Å²) in [6.07, 6.45) is 0. The summed E-state index contributed by atoms with van der Waals surface area (Å²) in [6, 6.07) is 5.13. The van der Waals surface area contributed by atoms with E-state index in [0.29, 0.717) is 4.47 Å². The number of phenols is 1. The third-order valence-electron chi connectivity index (χ3n) is 1.06. The maximum Gasteiger partial charge on any atom is 0.129 e. The van der Waals surface area contributed by atoms with Gasteiger partial charge in [-0.1, -0.05) is 0 Å². The molecule has 10 heavy (non-hydrogen) atoms. The molecule has 54 valence electrons. The van der Waals surface area contributed by atoms with E-state index in [0.717, 1.165) is 5.69 Å². The van der Waals surface area contributed by atoms with E-state index in [1.807, 2.05) is 0 Å². The van der Waals surface area contributed by atoms with Crippen LogP contribution in [0.4, 0.5) is 5.69 Å². The number of benzene rings is 1. The first-order chi connectivity index (χ1) is 4.74. The molecule has 0 saturated carbocycles. The van der Waals surface area contributed by atoms with Gasteiger partial charge >= 0.3 is 0 Å². The number of anilines is 1. The van der Waals surface area contributed by atoms with Crippen molar-refractivity contribution in [1.29, 1.82) is 0 Å². The Balaban J connectivity index is 3.04. The van der Waals surface area contributed by atoms with Crippen LogP contribution in [0.1, 0.15) is 0 Å². The molecule has 4 heteroatoms. The third kappa shape index (κ3) is 1.64. The van der Waals surface area contributed by atoms with Gasteiger partial charge in [-0.05, 0) is 34.1 Å². The second kappa shape index (κ2) is 3.25. The fraction of sp³-hybridized carbons (Fsp3) is 0. The molecule has 0 aliphatic rings. The summed E-state index contributed by atoms with van der Waals surface area (Å²) in [4.78, 5) is 0. The maximum atomic E-state index is 9.05.